The first kappa shape index (κ1) is 28.7. The van der Waals surface area contributed by atoms with Crippen LogP contribution in [0.1, 0.15) is 149 Å². The van der Waals surface area contributed by atoms with E-state index in [1.54, 1.807) is 6.92 Å². The van der Waals surface area contributed by atoms with Crippen molar-refractivity contribution in [3.63, 3.8) is 0 Å². The molecule has 0 aliphatic heterocycles. The lowest BCUT2D eigenvalue weighted by molar-refractivity contribution is -0.149. The lowest BCUT2D eigenvalue weighted by Crippen LogP contribution is -2.41. The van der Waals surface area contributed by atoms with Crippen LogP contribution in [0.2, 0.25) is 0 Å². The Labute approximate surface area is 206 Å². The highest BCUT2D eigenvalue weighted by atomic mass is 16.5. The SMILES string of the molecule is CCCCCCCCCCCCCC(C)(C1CCC(OC)CC1)C1CCC(OC(C)=O)CC1. The Hall–Kier alpha value is -0.570. The average molecular weight is 465 g/mol. The Morgan fingerprint density at radius 3 is 1.55 bits per heavy atom. The summed E-state index contributed by atoms with van der Waals surface area (Å²) in [5.74, 6) is 1.51. The molecule has 0 aromatic rings. The van der Waals surface area contributed by atoms with E-state index in [1.165, 1.54) is 116 Å². The number of hydrogen-bond donors (Lipinski definition) is 0. The third kappa shape index (κ3) is 10.3. The molecule has 0 aromatic carbocycles. The van der Waals surface area contributed by atoms with Crippen molar-refractivity contribution in [2.75, 3.05) is 7.11 Å². The van der Waals surface area contributed by atoms with Gasteiger partial charge in [0, 0.05) is 14.0 Å². The fourth-order valence-corrected chi connectivity index (χ4v) is 6.94. The minimum Gasteiger partial charge on any atom is -0.463 e. The first-order chi connectivity index (χ1) is 16.0. The zero-order valence-corrected chi connectivity index (χ0v) is 22.7. The minimum absolute atomic E-state index is 0.111. The van der Waals surface area contributed by atoms with Crippen LogP contribution in [-0.2, 0) is 14.3 Å². The predicted octanol–water partition coefficient (Wildman–Crippen LogP) is 9.02. The number of methoxy groups -OCH3 is 1. The van der Waals surface area contributed by atoms with E-state index in [2.05, 4.69) is 13.8 Å². The number of carbonyl (C=O) groups excluding carboxylic acids is 1. The van der Waals surface area contributed by atoms with Gasteiger partial charge >= 0.3 is 5.97 Å². The van der Waals surface area contributed by atoms with Gasteiger partial charge in [-0.25, -0.2) is 0 Å². The van der Waals surface area contributed by atoms with E-state index in [1.807, 2.05) is 7.11 Å². The summed E-state index contributed by atoms with van der Waals surface area (Å²) < 4.78 is 11.2. The highest BCUT2D eigenvalue weighted by molar-refractivity contribution is 5.66. The summed E-state index contributed by atoms with van der Waals surface area (Å²) in [5.41, 5.74) is 0.444. The molecule has 2 fully saturated rings. The van der Waals surface area contributed by atoms with E-state index >= 15 is 0 Å². The maximum Gasteiger partial charge on any atom is 0.302 e. The number of rotatable bonds is 16. The molecular weight excluding hydrogens is 408 g/mol. The minimum atomic E-state index is -0.111. The van der Waals surface area contributed by atoms with Crippen LogP contribution in [0.15, 0.2) is 0 Å². The lowest BCUT2D eigenvalue weighted by atomic mass is 9.57. The van der Waals surface area contributed by atoms with E-state index < -0.39 is 0 Å². The van der Waals surface area contributed by atoms with Crippen molar-refractivity contribution in [2.24, 2.45) is 17.3 Å². The van der Waals surface area contributed by atoms with Crippen LogP contribution < -0.4 is 0 Å². The monoisotopic (exact) mass is 464 g/mol. The van der Waals surface area contributed by atoms with Gasteiger partial charge in [0.1, 0.15) is 6.10 Å². The Balaban J connectivity index is 1.76. The predicted molar refractivity (Wildman–Crippen MR) is 139 cm³/mol. The summed E-state index contributed by atoms with van der Waals surface area (Å²) in [6, 6.07) is 0. The number of carbonyl (C=O) groups is 1. The standard InChI is InChI=1S/C30H56O3/c1-5-6-7-8-9-10-11-12-13-14-15-24-30(3,26-16-20-28(32-4)21-17-26)27-18-22-29(23-19-27)33-25(2)31/h26-29H,5-24H2,1-4H3. The molecule has 194 valence electrons. The van der Waals surface area contributed by atoms with Crippen LogP contribution in [0.3, 0.4) is 0 Å². The summed E-state index contributed by atoms with van der Waals surface area (Å²) in [6.07, 6.45) is 27.3. The molecule has 3 heteroatoms. The quantitative estimate of drug-likeness (QED) is 0.169. The molecule has 33 heavy (non-hydrogen) atoms. The molecule has 0 spiro atoms. The number of unbranched alkanes of at least 4 members (excludes halogenated alkanes) is 10. The van der Waals surface area contributed by atoms with E-state index in [0.717, 1.165) is 24.7 Å². The van der Waals surface area contributed by atoms with Crippen molar-refractivity contribution in [2.45, 2.75) is 161 Å². The van der Waals surface area contributed by atoms with Gasteiger partial charge in [-0.15, -0.1) is 0 Å². The Morgan fingerprint density at radius 1 is 0.697 bits per heavy atom. The summed E-state index contributed by atoms with van der Waals surface area (Å²) >= 11 is 0. The zero-order valence-electron chi connectivity index (χ0n) is 22.7. The second-order valence-electron chi connectivity index (χ2n) is 11.6. The molecule has 1 atom stereocenters. The third-order valence-electron chi connectivity index (χ3n) is 9.20. The summed E-state index contributed by atoms with van der Waals surface area (Å²) in [6.45, 7) is 6.47. The Bertz CT molecular complexity index is 503. The van der Waals surface area contributed by atoms with Gasteiger partial charge in [0.05, 0.1) is 6.10 Å². The zero-order chi connectivity index (χ0) is 23.9. The average Bonchev–Trinajstić information content (AvgIpc) is 2.82. The molecule has 0 saturated heterocycles. The molecule has 0 aromatic heterocycles. The molecule has 0 bridgehead atoms. The molecule has 1 unspecified atom stereocenters. The first-order valence-corrected chi connectivity index (χ1v) is 14.7. The molecule has 0 amide bonds. The topological polar surface area (TPSA) is 35.5 Å². The maximum atomic E-state index is 11.4. The van der Waals surface area contributed by atoms with Gasteiger partial charge in [0.2, 0.25) is 0 Å². The Kier molecular flexibility index (Phi) is 14.0. The van der Waals surface area contributed by atoms with Crippen molar-refractivity contribution in [3.05, 3.63) is 0 Å². The second kappa shape index (κ2) is 16.2. The lowest BCUT2D eigenvalue weighted by Gasteiger charge is -2.49. The van der Waals surface area contributed by atoms with Crippen LogP contribution in [0.4, 0.5) is 0 Å². The van der Waals surface area contributed by atoms with Crippen LogP contribution in [0, 0.1) is 17.3 Å². The summed E-state index contributed by atoms with van der Waals surface area (Å²) in [4.78, 5) is 11.4. The normalized spacial score (nSPS) is 27.8. The smallest absolute Gasteiger partial charge is 0.302 e. The summed E-state index contributed by atoms with van der Waals surface area (Å²) in [5, 5.41) is 0. The number of ether oxygens (including phenoxy) is 2. The van der Waals surface area contributed by atoms with E-state index in [0.29, 0.717) is 11.5 Å². The molecule has 0 heterocycles. The van der Waals surface area contributed by atoms with E-state index in [4.69, 9.17) is 9.47 Å². The van der Waals surface area contributed by atoms with Crippen molar-refractivity contribution >= 4 is 5.97 Å². The van der Waals surface area contributed by atoms with Crippen molar-refractivity contribution in [1.82, 2.24) is 0 Å². The Morgan fingerprint density at radius 2 is 1.12 bits per heavy atom. The number of esters is 1. The molecule has 2 aliphatic carbocycles. The molecule has 2 aliphatic rings. The van der Waals surface area contributed by atoms with Gasteiger partial charge in [0.25, 0.3) is 0 Å². The molecule has 0 radical (unpaired) electrons. The van der Waals surface area contributed by atoms with E-state index in [9.17, 15) is 4.79 Å². The van der Waals surface area contributed by atoms with Gasteiger partial charge < -0.3 is 9.47 Å². The van der Waals surface area contributed by atoms with Crippen LogP contribution >= 0.6 is 0 Å². The second-order valence-corrected chi connectivity index (χ2v) is 11.6. The van der Waals surface area contributed by atoms with Gasteiger partial charge in [-0.3, -0.25) is 4.79 Å². The summed E-state index contributed by atoms with van der Waals surface area (Å²) in [7, 11) is 1.88. The number of hydrogen-bond acceptors (Lipinski definition) is 3. The van der Waals surface area contributed by atoms with E-state index in [-0.39, 0.29) is 12.1 Å². The van der Waals surface area contributed by atoms with Crippen molar-refractivity contribution in [3.8, 4) is 0 Å². The van der Waals surface area contributed by atoms with Gasteiger partial charge in [-0.1, -0.05) is 84.5 Å². The molecule has 0 N–H and O–H groups in total. The van der Waals surface area contributed by atoms with Gasteiger partial charge in [0.15, 0.2) is 0 Å². The van der Waals surface area contributed by atoms with Crippen LogP contribution in [-0.4, -0.2) is 25.3 Å². The fraction of sp³-hybridized carbons (Fsp3) is 0.967. The largest absolute Gasteiger partial charge is 0.463 e. The van der Waals surface area contributed by atoms with Crippen LogP contribution in [0.25, 0.3) is 0 Å². The highest BCUT2D eigenvalue weighted by Crippen LogP contribution is 2.52. The van der Waals surface area contributed by atoms with Crippen LogP contribution in [0.5, 0.6) is 0 Å². The first-order valence-electron chi connectivity index (χ1n) is 14.7. The fourth-order valence-electron chi connectivity index (χ4n) is 6.94. The van der Waals surface area contributed by atoms with Crippen molar-refractivity contribution in [1.29, 1.82) is 0 Å². The molecule has 3 nitrogen and oxygen atoms in total. The van der Waals surface area contributed by atoms with Gasteiger partial charge in [-0.05, 0) is 75.0 Å². The molecule has 2 saturated carbocycles. The maximum absolute atomic E-state index is 11.4. The van der Waals surface area contributed by atoms with Crippen molar-refractivity contribution < 1.29 is 14.3 Å². The molecule has 2 rings (SSSR count). The highest BCUT2D eigenvalue weighted by Gasteiger charge is 2.43. The third-order valence-corrected chi connectivity index (χ3v) is 9.20. The van der Waals surface area contributed by atoms with Gasteiger partial charge in [-0.2, -0.15) is 0 Å². The molecular formula is C30H56O3.